The van der Waals surface area contributed by atoms with E-state index < -0.39 is 17.3 Å². The number of carbonyl (C=O) groups is 1. The van der Waals surface area contributed by atoms with E-state index in [1.807, 2.05) is 30.3 Å². The SMILES string of the molecule is CC(C)(C)OC(=O)N1CCCC1=Cc1c(O)n(-c2ccc(Oc3ccccc3)cc2)c(=S)[nH]c1=O. The van der Waals surface area contributed by atoms with Crippen LogP contribution in [0.4, 0.5) is 4.79 Å². The molecule has 9 heteroatoms. The third-order valence-electron chi connectivity index (χ3n) is 5.28. The molecule has 0 saturated carbocycles. The van der Waals surface area contributed by atoms with Gasteiger partial charge in [0.1, 0.15) is 22.7 Å². The number of aromatic hydroxyl groups is 1. The van der Waals surface area contributed by atoms with Gasteiger partial charge in [0.15, 0.2) is 4.77 Å². The number of hydrogen-bond acceptors (Lipinski definition) is 6. The van der Waals surface area contributed by atoms with Crippen LogP contribution in [0.15, 0.2) is 65.1 Å². The fourth-order valence-electron chi connectivity index (χ4n) is 3.74. The number of likely N-dealkylation sites (tertiary alicyclic amines) is 1. The minimum Gasteiger partial charge on any atom is -0.494 e. The van der Waals surface area contributed by atoms with E-state index >= 15 is 0 Å². The zero-order valence-electron chi connectivity index (χ0n) is 19.8. The maximum absolute atomic E-state index is 12.7. The molecule has 1 aliphatic heterocycles. The van der Waals surface area contributed by atoms with Gasteiger partial charge in [-0.1, -0.05) is 18.2 Å². The van der Waals surface area contributed by atoms with Crippen LogP contribution in [-0.2, 0) is 4.74 Å². The Balaban J connectivity index is 1.66. The lowest BCUT2D eigenvalue weighted by atomic mass is 10.2. The number of aromatic nitrogens is 2. The molecule has 1 saturated heterocycles. The number of allylic oxidation sites excluding steroid dienone is 1. The topological polar surface area (TPSA) is 96.8 Å². The number of hydrogen-bond donors (Lipinski definition) is 2. The third-order valence-corrected chi connectivity index (χ3v) is 5.57. The summed E-state index contributed by atoms with van der Waals surface area (Å²) < 4.78 is 12.7. The van der Waals surface area contributed by atoms with Crippen LogP contribution in [0, 0.1) is 4.77 Å². The number of rotatable bonds is 4. The van der Waals surface area contributed by atoms with Crippen molar-refractivity contribution < 1.29 is 19.4 Å². The monoisotopic (exact) mass is 493 g/mol. The number of amides is 1. The second-order valence-electron chi connectivity index (χ2n) is 9.11. The van der Waals surface area contributed by atoms with Crippen LogP contribution in [0.3, 0.4) is 0 Å². The van der Waals surface area contributed by atoms with Crippen molar-refractivity contribution in [1.82, 2.24) is 14.5 Å². The molecule has 0 unspecified atom stereocenters. The van der Waals surface area contributed by atoms with Crippen LogP contribution >= 0.6 is 12.2 Å². The summed E-state index contributed by atoms with van der Waals surface area (Å²) in [5, 5.41) is 11.0. The summed E-state index contributed by atoms with van der Waals surface area (Å²) in [6.45, 7) is 5.86. The third kappa shape index (κ3) is 5.63. The van der Waals surface area contributed by atoms with Gasteiger partial charge in [-0.2, -0.15) is 0 Å². The molecule has 2 aromatic carbocycles. The van der Waals surface area contributed by atoms with Gasteiger partial charge in [-0.3, -0.25) is 19.2 Å². The zero-order valence-corrected chi connectivity index (χ0v) is 20.6. The molecule has 0 bridgehead atoms. The van der Waals surface area contributed by atoms with E-state index in [-0.39, 0.29) is 16.2 Å². The van der Waals surface area contributed by atoms with Crippen molar-refractivity contribution in [2.45, 2.75) is 39.2 Å². The standard InChI is InChI=1S/C26H27N3O5S/c1-26(2,3)34-25(32)28-15-7-8-18(28)16-21-22(30)27-24(35)29(23(21)31)17-11-13-20(14-12-17)33-19-9-5-4-6-10-19/h4-6,9-14,16,31H,7-8,15H2,1-3H3,(H,27,30,35). The quantitative estimate of drug-likeness (QED) is 0.448. The highest BCUT2D eigenvalue weighted by atomic mass is 32.1. The van der Waals surface area contributed by atoms with Crippen LogP contribution in [-0.4, -0.2) is 37.8 Å². The molecular formula is C26H27N3O5S. The van der Waals surface area contributed by atoms with E-state index in [1.165, 1.54) is 15.5 Å². The molecule has 0 radical (unpaired) electrons. The Kier molecular flexibility index (Phi) is 6.79. The van der Waals surface area contributed by atoms with E-state index in [9.17, 15) is 14.7 Å². The number of para-hydroxylation sites is 1. The van der Waals surface area contributed by atoms with Gasteiger partial charge in [0.05, 0.1) is 5.69 Å². The summed E-state index contributed by atoms with van der Waals surface area (Å²) in [4.78, 5) is 29.4. The smallest absolute Gasteiger partial charge is 0.414 e. The number of nitrogens with one attached hydrogen (secondary N) is 1. The van der Waals surface area contributed by atoms with Crippen molar-refractivity contribution in [3.8, 4) is 23.1 Å². The summed E-state index contributed by atoms with van der Waals surface area (Å²) in [7, 11) is 0. The number of aromatic amines is 1. The molecular weight excluding hydrogens is 466 g/mol. The Hall–Kier alpha value is -3.85. The Bertz CT molecular complexity index is 1370. The first kappa shape index (κ1) is 24.3. The van der Waals surface area contributed by atoms with Crippen molar-refractivity contribution in [2.75, 3.05) is 6.54 Å². The van der Waals surface area contributed by atoms with Crippen LogP contribution in [0.5, 0.6) is 17.4 Å². The highest BCUT2D eigenvalue weighted by molar-refractivity contribution is 7.71. The molecule has 4 rings (SSSR count). The molecule has 3 aromatic rings. The van der Waals surface area contributed by atoms with Gasteiger partial charge >= 0.3 is 6.09 Å². The lowest BCUT2D eigenvalue weighted by molar-refractivity contribution is 0.0340. The minimum atomic E-state index is -0.645. The summed E-state index contributed by atoms with van der Waals surface area (Å²) in [5.74, 6) is 0.986. The molecule has 1 fully saturated rings. The molecule has 2 N–H and O–H groups in total. The largest absolute Gasteiger partial charge is 0.494 e. The lowest BCUT2D eigenvalue weighted by Gasteiger charge is -2.25. The van der Waals surface area contributed by atoms with Gasteiger partial charge in [-0.15, -0.1) is 0 Å². The van der Waals surface area contributed by atoms with E-state index in [0.717, 1.165) is 6.42 Å². The normalized spacial score (nSPS) is 14.8. The molecule has 1 aromatic heterocycles. The highest BCUT2D eigenvalue weighted by Gasteiger charge is 2.29. The molecule has 0 aliphatic carbocycles. The van der Waals surface area contributed by atoms with Crippen LogP contribution < -0.4 is 10.3 Å². The maximum atomic E-state index is 12.7. The molecule has 2 heterocycles. The van der Waals surface area contributed by atoms with E-state index in [4.69, 9.17) is 21.7 Å². The summed E-state index contributed by atoms with van der Waals surface area (Å²) in [6.07, 6.45) is 2.33. The number of nitrogens with zero attached hydrogens (tertiary/aromatic N) is 2. The van der Waals surface area contributed by atoms with Gasteiger partial charge in [0.25, 0.3) is 5.56 Å². The molecule has 1 aliphatic rings. The van der Waals surface area contributed by atoms with E-state index in [2.05, 4.69) is 4.98 Å². The molecule has 8 nitrogen and oxygen atoms in total. The van der Waals surface area contributed by atoms with E-state index in [1.54, 1.807) is 45.0 Å². The van der Waals surface area contributed by atoms with Gasteiger partial charge in [-0.25, -0.2) is 4.79 Å². The number of carbonyl (C=O) groups excluding carboxylic acids is 1. The average molecular weight is 494 g/mol. The van der Waals surface area contributed by atoms with Gasteiger partial charge in [0.2, 0.25) is 5.88 Å². The predicted octanol–water partition coefficient (Wildman–Crippen LogP) is 5.76. The molecule has 35 heavy (non-hydrogen) atoms. The van der Waals surface area contributed by atoms with Gasteiger partial charge in [0, 0.05) is 12.2 Å². The number of benzene rings is 2. The fourth-order valence-corrected chi connectivity index (χ4v) is 4.02. The molecule has 0 atom stereocenters. The Morgan fingerprint density at radius 3 is 2.40 bits per heavy atom. The summed E-state index contributed by atoms with van der Waals surface area (Å²) in [6, 6.07) is 16.3. The zero-order chi connectivity index (χ0) is 25.2. The fraction of sp³-hybridized carbons (Fsp3) is 0.269. The second-order valence-corrected chi connectivity index (χ2v) is 9.50. The Morgan fingerprint density at radius 2 is 1.74 bits per heavy atom. The predicted molar refractivity (Wildman–Crippen MR) is 136 cm³/mol. The summed E-state index contributed by atoms with van der Waals surface area (Å²) in [5.41, 5.74) is -0.0483. The first-order valence-electron chi connectivity index (χ1n) is 11.2. The first-order chi connectivity index (χ1) is 16.6. The lowest BCUT2D eigenvalue weighted by Crippen LogP contribution is -2.34. The van der Waals surface area contributed by atoms with Crippen molar-refractivity contribution in [3.05, 3.63) is 81.0 Å². The molecule has 182 valence electrons. The van der Waals surface area contributed by atoms with Crippen molar-refractivity contribution in [1.29, 1.82) is 0 Å². The van der Waals surface area contributed by atoms with Gasteiger partial charge < -0.3 is 14.6 Å². The van der Waals surface area contributed by atoms with E-state index in [0.29, 0.717) is 35.8 Å². The Labute approximate surface area is 208 Å². The maximum Gasteiger partial charge on any atom is 0.414 e. The van der Waals surface area contributed by atoms with Crippen LogP contribution in [0.2, 0.25) is 0 Å². The second kappa shape index (κ2) is 9.79. The minimum absolute atomic E-state index is 0.00803. The van der Waals surface area contributed by atoms with Crippen LogP contribution in [0.1, 0.15) is 39.2 Å². The van der Waals surface area contributed by atoms with Crippen molar-refractivity contribution >= 4 is 24.4 Å². The Morgan fingerprint density at radius 1 is 1.09 bits per heavy atom. The first-order valence-corrected chi connectivity index (χ1v) is 11.7. The van der Waals surface area contributed by atoms with Crippen molar-refractivity contribution in [3.63, 3.8) is 0 Å². The van der Waals surface area contributed by atoms with Crippen LogP contribution in [0.25, 0.3) is 11.8 Å². The number of ether oxygens (including phenoxy) is 2. The highest BCUT2D eigenvalue weighted by Crippen LogP contribution is 2.29. The van der Waals surface area contributed by atoms with Crippen molar-refractivity contribution in [2.24, 2.45) is 0 Å². The molecule has 0 spiro atoms. The van der Waals surface area contributed by atoms with Gasteiger partial charge in [-0.05, 0) is 88.3 Å². The molecule has 1 amide bonds. The number of H-pyrrole nitrogens is 1. The summed E-state index contributed by atoms with van der Waals surface area (Å²) >= 11 is 5.32. The average Bonchev–Trinajstić information content (AvgIpc) is 3.26.